The van der Waals surface area contributed by atoms with Crippen LogP contribution in [-0.2, 0) is 27.2 Å². The predicted octanol–water partition coefficient (Wildman–Crippen LogP) is 2.88. The van der Waals surface area contributed by atoms with Crippen molar-refractivity contribution in [3.05, 3.63) is 45.8 Å². The van der Waals surface area contributed by atoms with Crippen LogP contribution in [0.5, 0.6) is 11.5 Å². The van der Waals surface area contributed by atoms with Gasteiger partial charge in [-0.15, -0.1) is 11.3 Å². The first-order valence-corrected chi connectivity index (χ1v) is 10.6. The van der Waals surface area contributed by atoms with Gasteiger partial charge >= 0.3 is 5.97 Å². The maximum atomic E-state index is 12.3. The first-order valence-electron chi connectivity index (χ1n) is 9.74. The van der Waals surface area contributed by atoms with Crippen molar-refractivity contribution in [2.75, 3.05) is 19.0 Å². The zero-order chi connectivity index (χ0) is 22.5. The number of hydrogen-bond acceptors (Lipinski definition) is 7. The first-order chi connectivity index (χ1) is 14.8. The van der Waals surface area contributed by atoms with E-state index in [2.05, 4.69) is 12.2 Å². The van der Waals surface area contributed by atoms with Gasteiger partial charge in [0.15, 0.2) is 18.1 Å². The highest BCUT2D eigenvalue weighted by molar-refractivity contribution is 7.17. The minimum Gasteiger partial charge on any atom is -0.504 e. The lowest BCUT2D eigenvalue weighted by atomic mass is 9.88. The molecule has 0 radical (unpaired) electrons. The number of rotatable bonds is 7. The Bertz CT molecular complexity index is 1040. The topological polar surface area (TPSA) is 128 Å². The number of thiophene rings is 1. The molecule has 164 valence electrons. The third-order valence-corrected chi connectivity index (χ3v) is 6.14. The number of nitrogens with two attached hydrogens (primary N) is 1. The van der Waals surface area contributed by atoms with Crippen LogP contribution < -0.4 is 15.8 Å². The average molecular weight is 445 g/mol. The van der Waals surface area contributed by atoms with Crippen LogP contribution in [0.3, 0.4) is 0 Å². The molecule has 1 aromatic carbocycles. The number of phenolic OH excluding ortho intramolecular Hbond substituents is 1. The van der Waals surface area contributed by atoms with Crippen molar-refractivity contribution in [1.82, 2.24) is 0 Å². The molecular formula is C22H24N2O6S. The van der Waals surface area contributed by atoms with Crippen molar-refractivity contribution < 1.29 is 29.0 Å². The molecule has 1 aromatic heterocycles. The fourth-order valence-corrected chi connectivity index (χ4v) is 4.84. The molecule has 2 aromatic rings. The van der Waals surface area contributed by atoms with Crippen LogP contribution in [0, 0.1) is 5.92 Å². The number of esters is 1. The number of anilines is 1. The summed E-state index contributed by atoms with van der Waals surface area (Å²) >= 11 is 1.35. The number of nitrogens with one attached hydrogen (secondary N) is 1. The number of primary amides is 1. The highest BCUT2D eigenvalue weighted by Gasteiger charge is 2.27. The van der Waals surface area contributed by atoms with Gasteiger partial charge in [-0.25, -0.2) is 4.79 Å². The lowest BCUT2D eigenvalue weighted by Gasteiger charge is -2.18. The van der Waals surface area contributed by atoms with Crippen molar-refractivity contribution in [1.29, 1.82) is 0 Å². The van der Waals surface area contributed by atoms with Crippen molar-refractivity contribution >= 4 is 40.2 Å². The van der Waals surface area contributed by atoms with E-state index in [9.17, 15) is 19.5 Å². The fraction of sp³-hybridized carbons (Fsp3) is 0.318. The molecule has 0 aliphatic heterocycles. The Labute approximate surface area is 183 Å². The normalized spacial score (nSPS) is 15.4. The lowest BCUT2D eigenvalue weighted by molar-refractivity contribution is -0.142. The van der Waals surface area contributed by atoms with E-state index in [1.54, 1.807) is 12.1 Å². The number of hydrogen-bond donors (Lipinski definition) is 3. The van der Waals surface area contributed by atoms with Crippen LogP contribution in [0.25, 0.3) is 6.08 Å². The molecule has 4 N–H and O–H groups in total. The van der Waals surface area contributed by atoms with Gasteiger partial charge in [0.25, 0.3) is 11.8 Å². The molecule has 1 heterocycles. The number of amides is 2. The zero-order valence-corrected chi connectivity index (χ0v) is 18.1. The Morgan fingerprint density at radius 3 is 2.84 bits per heavy atom. The highest BCUT2D eigenvalue weighted by atomic mass is 32.1. The zero-order valence-electron chi connectivity index (χ0n) is 17.3. The number of carbonyl (C=O) groups excluding carboxylic acids is 3. The molecule has 2 amide bonds. The number of benzene rings is 1. The van der Waals surface area contributed by atoms with Crippen molar-refractivity contribution in [2.24, 2.45) is 11.7 Å². The second-order valence-corrected chi connectivity index (χ2v) is 8.45. The summed E-state index contributed by atoms with van der Waals surface area (Å²) in [5.41, 5.74) is 7.42. The van der Waals surface area contributed by atoms with Crippen molar-refractivity contribution in [3.63, 3.8) is 0 Å². The summed E-state index contributed by atoms with van der Waals surface area (Å²) in [6.45, 7) is 1.64. The summed E-state index contributed by atoms with van der Waals surface area (Å²) in [5.74, 6) is -1.07. The molecule has 3 rings (SSSR count). The number of methoxy groups -OCH3 is 1. The summed E-state index contributed by atoms with van der Waals surface area (Å²) in [7, 11) is 1.42. The van der Waals surface area contributed by atoms with Crippen LogP contribution in [0.1, 0.15) is 39.7 Å². The van der Waals surface area contributed by atoms with Crippen LogP contribution in [-0.4, -0.2) is 36.6 Å². The van der Waals surface area contributed by atoms with Crippen LogP contribution in [0.2, 0.25) is 0 Å². The van der Waals surface area contributed by atoms with E-state index in [0.29, 0.717) is 22.0 Å². The molecule has 9 heteroatoms. The maximum Gasteiger partial charge on any atom is 0.331 e. The van der Waals surface area contributed by atoms with E-state index >= 15 is 0 Å². The average Bonchev–Trinajstić information content (AvgIpc) is 3.08. The van der Waals surface area contributed by atoms with Crippen LogP contribution in [0.4, 0.5) is 5.00 Å². The largest absolute Gasteiger partial charge is 0.504 e. The van der Waals surface area contributed by atoms with E-state index in [4.69, 9.17) is 15.2 Å². The summed E-state index contributed by atoms with van der Waals surface area (Å²) < 4.78 is 9.97. The number of aromatic hydroxyl groups is 1. The third-order valence-electron chi connectivity index (χ3n) is 4.97. The molecule has 0 saturated carbocycles. The van der Waals surface area contributed by atoms with Gasteiger partial charge in [-0.3, -0.25) is 9.59 Å². The molecule has 31 heavy (non-hydrogen) atoms. The Hall–Kier alpha value is -3.33. The highest BCUT2D eigenvalue weighted by Crippen LogP contribution is 2.39. The van der Waals surface area contributed by atoms with Gasteiger partial charge in [0.1, 0.15) is 5.00 Å². The monoisotopic (exact) mass is 444 g/mol. The molecule has 1 atom stereocenters. The van der Waals surface area contributed by atoms with Gasteiger partial charge in [-0.2, -0.15) is 0 Å². The maximum absolute atomic E-state index is 12.3. The smallest absolute Gasteiger partial charge is 0.331 e. The number of fused-ring (bicyclic) bond motifs is 1. The summed E-state index contributed by atoms with van der Waals surface area (Å²) in [6, 6.07) is 4.59. The Kier molecular flexibility index (Phi) is 6.96. The molecule has 8 nitrogen and oxygen atoms in total. The van der Waals surface area contributed by atoms with Crippen molar-refractivity contribution in [2.45, 2.75) is 26.2 Å². The number of carbonyl (C=O) groups is 3. The van der Waals surface area contributed by atoms with E-state index < -0.39 is 24.4 Å². The van der Waals surface area contributed by atoms with Gasteiger partial charge in [0.05, 0.1) is 12.7 Å². The minimum atomic E-state index is -0.711. The Morgan fingerprint density at radius 2 is 2.13 bits per heavy atom. The SMILES string of the molecule is COc1cc(/C=C/C(=O)OCC(=O)Nc2sc3c(c2C(N)=O)CC[C@@H](C)C3)ccc1O. The van der Waals surface area contributed by atoms with Crippen molar-refractivity contribution in [3.8, 4) is 11.5 Å². The quantitative estimate of drug-likeness (QED) is 0.445. The molecule has 0 unspecified atom stereocenters. The number of phenols is 1. The molecule has 1 aliphatic rings. The molecule has 0 saturated heterocycles. The summed E-state index contributed by atoms with van der Waals surface area (Å²) in [6.07, 6.45) is 5.20. The van der Waals surface area contributed by atoms with E-state index in [1.807, 2.05) is 0 Å². The number of ether oxygens (including phenoxy) is 2. The molecule has 0 spiro atoms. The third kappa shape index (κ3) is 5.43. The van der Waals surface area contributed by atoms with E-state index in [-0.39, 0.29) is 11.5 Å². The van der Waals surface area contributed by atoms with Gasteiger partial charge in [-0.05, 0) is 54.5 Å². The second kappa shape index (κ2) is 9.65. The van der Waals surface area contributed by atoms with Gasteiger partial charge in [0.2, 0.25) is 0 Å². The lowest BCUT2D eigenvalue weighted by Crippen LogP contribution is -2.22. The van der Waals surface area contributed by atoms with Crippen LogP contribution in [0.15, 0.2) is 24.3 Å². The first kappa shape index (κ1) is 22.4. The summed E-state index contributed by atoms with van der Waals surface area (Å²) in [5, 5.41) is 12.6. The fourth-order valence-electron chi connectivity index (χ4n) is 3.41. The summed E-state index contributed by atoms with van der Waals surface area (Å²) in [4.78, 5) is 37.2. The van der Waals surface area contributed by atoms with Crippen LogP contribution >= 0.6 is 11.3 Å². The molecule has 0 fully saturated rings. The Balaban J connectivity index is 1.59. The molecular weight excluding hydrogens is 420 g/mol. The van der Waals surface area contributed by atoms with E-state index in [0.717, 1.165) is 29.7 Å². The van der Waals surface area contributed by atoms with Gasteiger partial charge in [0, 0.05) is 11.0 Å². The Morgan fingerprint density at radius 1 is 1.35 bits per heavy atom. The standard InChI is InChI=1S/C22H24N2O6S/c1-12-3-6-14-17(9-12)31-22(20(14)21(23)28)24-18(26)11-30-19(27)8-5-13-4-7-15(25)16(10-13)29-2/h4-5,7-8,10,12,25H,3,6,9,11H2,1-2H3,(H2,23,28)(H,24,26)/b8-5+/t12-/m1/s1. The molecule has 1 aliphatic carbocycles. The van der Waals surface area contributed by atoms with Gasteiger partial charge < -0.3 is 25.6 Å². The second-order valence-electron chi connectivity index (χ2n) is 7.34. The molecule has 0 bridgehead atoms. The predicted molar refractivity (Wildman–Crippen MR) is 117 cm³/mol. The minimum absolute atomic E-state index is 0.0149. The van der Waals surface area contributed by atoms with Gasteiger partial charge in [-0.1, -0.05) is 13.0 Å². The van der Waals surface area contributed by atoms with E-state index in [1.165, 1.54) is 36.7 Å².